The van der Waals surface area contributed by atoms with Crippen LogP contribution in [0, 0.1) is 22.0 Å². The molecule has 0 fully saturated rings. The Morgan fingerprint density at radius 1 is 1.35 bits per heavy atom. The molecule has 0 aliphatic carbocycles. The van der Waals surface area contributed by atoms with E-state index in [-0.39, 0.29) is 18.9 Å². The Morgan fingerprint density at radius 2 is 2.17 bits per heavy atom. The Bertz CT molecular complexity index is 775. The molecule has 0 unspecified atom stereocenters. The summed E-state index contributed by atoms with van der Waals surface area (Å²) < 4.78 is 11.1. The van der Waals surface area contributed by atoms with Gasteiger partial charge in [-0.2, -0.15) is 0 Å². The quantitative estimate of drug-likeness (QED) is 0.490. The zero-order chi connectivity index (χ0) is 16.7. The van der Waals surface area contributed by atoms with Crippen molar-refractivity contribution in [3.05, 3.63) is 56.7 Å². The van der Waals surface area contributed by atoms with E-state index in [1.165, 1.54) is 6.07 Å². The van der Waals surface area contributed by atoms with Crippen LogP contribution >= 0.6 is 15.9 Å². The van der Waals surface area contributed by atoms with Gasteiger partial charge in [-0.25, -0.2) is 0 Å². The van der Waals surface area contributed by atoms with E-state index in [1.807, 2.05) is 18.2 Å². The molecule has 0 radical (unpaired) electrons. The molecule has 1 aromatic carbocycles. The number of carbonyl (C=O) groups excluding carboxylic acids is 1. The van der Waals surface area contributed by atoms with Gasteiger partial charge < -0.3 is 14.5 Å². The highest BCUT2D eigenvalue weighted by atomic mass is 79.9. The molecule has 7 nitrogen and oxygen atoms in total. The first-order valence-electron chi connectivity index (χ1n) is 6.43. The number of halogens is 1. The lowest BCUT2D eigenvalue weighted by Crippen LogP contribution is -2.23. The fraction of sp³-hybridized carbons (Fsp3) is 0.133. The number of amides is 1. The van der Waals surface area contributed by atoms with Gasteiger partial charge in [-0.05, 0) is 24.3 Å². The summed E-state index contributed by atoms with van der Waals surface area (Å²) >= 11 is 3.33. The summed E-state index contributed by atoms with van der Waals surface area (Å²) in [6.45, 7) is 0.258. The highest BCUT2D eigenvalue weighted by Gasteiger charge is 2.16. The van der Waals surface area contributed by atoms with Gasteiger partial charge >= 0.3 is 5.88 Å². The van der Waals surface area contributed by atoms with Crippen molar-refractivity contribution in [2.45, 2.75) is 0 Å². The first kappa shape index (κ1) is 16.6. The standard InChI is InChI=1S/C15H11BrN2O5/c16-11-4-3-5-12(10-11)22-9-2-1-8-17-15(19)13-6-7-14(23-13)18(20)21/h3-7,10H,8-9H2,(H,17,19). The van der Waals surface area contributed by atoms with Crippen LogP contribution in [-0.2, 0) is 0 Å². The minimum absolute atomic E-state index is 0.0785. The molecule has 8 heteroatoms. The zero-order valence-electron chi connectivity index (χ0n) is 11.7. The summed E-state index contributed by atoms with van der Waals surface area (Å²) in [6, 6.07) is 9.69. The first-order valence-corrected chi connectivity index (χ1v) is 7.22. The number of rotatable bonds is 5. The van der Waals surface area contributed by atoms with E-state index in [9.17, 15) is 14.9 Å². The molecule has 0 bridgehead atoms. The van der Waals surface area contributed by atoms with Crippen LogP contribution in [0.4, 0.5) is 5.88 Å². The summed E-state index contributed by atoms with van der Waals surface area (Å²) in [6.07, 6.45) is 0. The summed E-state index contributed by atoms with van der Waals surface area (Å²) in [5.74, 6) is 4.94. The highest BCUT2D eigenvalue weighted by molar-refractivity contribution is 9.10. The Kier molecular flexibility index (Phi) is 5.77. The summed E-state index contributed by atoms with van der Waals surface area (Å²) in [7, 11) is 0. The number of ether oxygens (including phenoxy) is 1. The second-order valence-electron chi connectivity index (χ2n) is 4.18. The van der Waals surface area contributed by atoms with Crippen molar-refractivity contribution in [2.24, 2.45) is 0 Å². The van der Waals surface area contributed by atoms with Gasteiger partial charge in [0.15, 0.2) is 5.76 Å². The van der Waals surface area contributed by atoms with Gasteiger partial charge in [0.25, 0.3) is 5.91 Å². The molecule has 1 amide bonds. The molecule has 1 N–H and O–H groups in total. The van der Waals surface area contributed by atoms with Crippen molar-refractivity contribution in [3.8, 4) is 17.6 Å². The van der Waals surface area contributed by atoms with E-state index in [1.54, 1.807) is 6.07 Å². The summed E-state index contributed by atoms with van der Waals surface area (Å²) in [4.78, 5) is 21.4. The van der Waals surface area contributed by atoms with E-state index in [0.717, 1.165) is 10.5 Å². The molecule has 0 saturated carbocycles. The van der Waals surface area contributed by atoms with Gasteiger partial charge in [-0.15, -0.1) is 0 Å². The fourth-order valence-corrected chi connectivity index (χ4v) is 1.93. The maximum absolute atomic E-state index is 11.6. The number of nitrogens with zero attached hydrogens (tertiary/aromatic N) is 1. The molecule has 1 heterocycles. The van der Waals surface area contributed by atoms with Crippen molar-refractivity contribution in [2.75, 3.05) is 13.2 Å². The van der Waals surface area contributed by atoms with E-state index in [4.69, 9.17) is 9.15 Å². The lowest BCUT2D eigenvalue weighted by molar-refractivity contribution is -0.402. The molecule has 118 valence electrons. The minimum atomic E-state index is -0.712. The van der Waals surface area contributed by atoms with Crippen LogP contribution in [0.3, 0.4) is 0 Å². The first-order chi connectivity index (χ1) is 11.1. The second kappa shape index (κ2) is 8.00. The van der Waals surface area contributed by atoms with Crippen molar-refractivity contribution in [3.63, 3.8) is 0 Å². The number of benzene rings is 1. The third-order valence-corrected chi connectivity index (χ3v) is 3.06. The van der Waals surface area contributed by atoms with Gasteiger partial charge in [0, 0.05) is 4.47 Å². The van der Waals surface area contributed by atoms with Crippen molar-refractivity contribution >= 4 is 27.7 Å². The molecular formula is C15H11BrN2O5. The highest BCUT2D eigenvalue weighted by Crippen LogP contribution is 2.17. The van der Waals surface area contributed by atoms with E-state index >= 15 is 0 Å². The van der Waals surface area contributed by atoms with Crippen molar-refractivity contribution in [1.29, 1.82) is 0 Å². The van der Waals surface area contributed by atoms with Crippen LogP contribution in [0.25, 0.3) is 0 Å². The van der Waals surface area contributed by atoms with Crippen molar-refractivity contribution < 1.29 is 18.9 Å². The van der Waals surface area contributed by atoms with Gasteiger partial charge in [-0.3, -0.25) is 14.9 Å². The van der Waals surface area contributed by atoms with E-state index < -0.39 is 16.7 Å². The normalized spacial score (nSPS) is 9.61. The van der Waals surface area contributed by atoms with Crippen molar-refractivity contribution in [1.82, 2.24) is 5.32 Å². The topological polar surface area (TPSA) is 94.6 Å². The number of carbonyl (C=O) groups is 1. The van der Waals surface area contributed by atoms with Crippen LogP contribution in [0.5, 0.6) is 5.75 Å². The average Bonchev–Trinajstić information content (AvgIpc) is 3.01. The number of hydrogen-bond donors (Lipinski definition) is 1. The van der Waals surface area contributed by atoms with Crippen LogP contribution in [0.1, 0.15) is 10.6 Å². The van der Waals surface area contributed by atoms with Crippen LogP contribution < -0.4 is 10.1 Å². The maximum Gasteiger partial charge on any atom is 0.433 e. The lowest BCUT2D eigenvalue weighted by Gasteiger charge is -2.01. The smallest absolute Gasteiger partial charge is 0.433 e. The monoisotopic (exact) mass is 378 g/mol. The molecule has 0 spiro atoms. The third-order valence-electron chi connectivity index (χ3n) is 2.56. The number of hydrogen-bond acceptors (Lipinski definition) is 5. The Morgan fingerprint density at radius 3 is 2.87 bits per heavy atom. The fourth-order valence-electron chi connectivity index (χ4n) is 1.55. The predicted molar refractivity (Wildman–Crippen MR) is 85.1 cm³/mol. The Labute approximate surface area is 139 Å². The molecule has 2 rings (SSSR count). The third kappa shape index (κ3) is 5.16. The van der Waals surface area contributed by atoms with E-state index in [0.29, 0.717) is 5.75 Å². The molecule has 23 heavy (non-hydrogen) atoms. The van der Waals surface area contributed by atoms with Gasteiger partial charge in [-0.1, -0.05) is 33.8 Å². The largest absolute Gasteiger partial charge is 0.481 e. The van der Waals surface area contributed by atoms with E-state index in [2.05, 4.69) is 33.1 Å². The molecule has 0 atom stereocenters. The van der Waals surface area contributed by atoms with Crippen LogP contribution in [-0.4, -0.2) is 24.0 Å². The Balaban J connectivity index is 1.74. The summed E-state index contributed by atoms with van der Waals surface area (Å²) in [5, 5.41) is 12.9. The SMILES string of the molecule is O=C(NCC#CCOc1cccc(Br)c1)c1ccc([N+](=O)[O-])o1. The maximum atomic E-state index is 11.6. The molecule has 1 aromatic heterocycles. The zero-order valence-corrected chi connectivity index (χ0v) is 13.3. The number of nitro groups is 1. The second-order valence-corrected chi connectivity index (χ2v) is 5.09. The molecule has 2 aromatic rings. The molecule has 0 aliphatic rings. The number of nitrogens with one attached hydrogen (secondary N) is 1. The van der Waals surface area contributed by atoms with Gasteiger partial charge in [0.2, 0.25) is 0 Å². The van der Waals surface area contributed by atoms with Gasteiger partial charge in [0.1, 0.15) is 17.3 Å². The molecule has 0 aliphatic heterocycles. The average molecular weight is 379 g/mol. The summed E-state index contributed by atoms with van der Waals surface area (Å²) in [5.41, 5.74) is 0. The number of furan rings is 1. The molecule has 0 saturated heterocycles. The Hall–Kier alpha value is -2.79. The van der Waals surface area contributed by atoms with Crippen LogP contribution in [0.2, 0.25) is 0 Å². The lowest BCUT2D eigenvalue weighted by atomic mass is 10.3. The predicted octanol–water partition coefficient (Wildman–Crippen LogP) is 2.76. The molecular weight excluding hydrogens is 368 g/mol. The minimum Gasteiger partial charge on any atom is -0.481 e. The van der Waals surface area contributed by atoms with Gasteiger partial charge in [0.05, 0.1) is 12.6 Å². The van der Waals surface area contributed by atoms with Crippen LogP contribution in [0.15, 0.2) is 45.3 Å².